The summed E-state index contributed by atoms with van der Waals surface area (Å²) in [5.74, 6) is 0. The first kappa shape index (κ1) is 19.8. The molecule has 3 aromatic rings. The molecule has 0 aliphatic carbocycles. The second-order valence-electron chi connectivity index (χ2n) is 5.30. The zero-order valence-electron chi connectivity index (χ0n) is 12.7. The van der Waals surface area contributed by atoms with Crippen LogP contribution in [-0.2, 0) is 0 Å². The molecule has 0 radical (unpaired) electrons. The molecular formula is C18H7Cl6NO. The van der Waals surface area contributed by atoms with E-state index in [0.29, 0.717) is 34.4 Å². The zero-order chi connectivity index (χ0) is 19.0. The minimum atomic E-state index is 0.250. The fourth-order valence-electron chi connectivity index (χ4n) is 2.32. The van der Waals surface area contributed by atoms with Crippen molar-refractivity contribution in [3.63, 3.8) is 0 Å². The molecule has 0 bridgehead atoms. The molecule has 0 unspecified atom stereocenters. The lowest BCUT2D eigenvalue weighted by Gasteiger charge is -2.10. The molecular weight excluding hydrogens is 459 g/mol. The van der Waals surface area contributed by atoms with Crippen molar-refractivity contribution in [3.8, 4) is 22.5 Å². The van der Waals surface area contributed by atoms with Gasteiger partial charge in [0.1, 0.15) is 6.29 Å². The summed E-state index contributed by atoms with van der Waals surface area (Å²) >= 11 is 36.4. The highest BCUT2D eigenvalue weighted by Crippen LogP contribution is 2.37. The lowest BCUT2D eigenvalue weighted by Crippen LogP contribution is -1.93. The Morgan fingerprint density at radius 3 is 1.27 bits per heavy atom. The quantitative estimate of drug-likeness (QED) is 0.288. The van der Waals surface area contributed by atoms with Crippen molar-refractivity contribution < 1.29 is 4.79 Å². The minimum absolute atomic E-state index is 0.250. The third-order valence-electron chi connectivity index (χ3n) is 3.54. The van der Waals surface area contributed by atoms with Crippen LogP contribution in [0.15, 0.2) is 36.4 Å². The number of rotatable bonds is 3. The number of halogens is 6. The monoisotopic (exact) mass is 463 g/mol. The van der Waals surface area contributed by atoms with Gasteiger partial charge in [0.05, 0.1) is 41.5 Å². The number of nitrogens with zero attached hydrogens (tertiary/aromatic N) is 1. The fourth-order valence-corrected chi connectivity index (χ4v) is 3.51. The van der Waals surface area contributed by atoms with Gasteiger partial charge in [0, 0.05) is 16.7 Å². The fraction of sp³-hybridized carbons (Fsp3) is 0. The molecule has 132 valence electrons. The van der Waals surface area contributed by atoms with Crippen molar-refractivity contribution in [1.29, 1.82) is 0 Å². The summed E-state index contributed by atoms with van der Waals surface area (Å²) in [6, 6.07) is 9.73. The SMILES string of the molecule is O=Cc1cc(-c2cc(Cl)c(Cl)c(Cl)c2)nc(-c2cc(Cl)c(Cl)c(Cl)c2)c1. The number of pyridine rings is 1. The normalized spacial score (nSPS) is 10.8. The summed E-state index contributed by atoms with van der Waals surface area (Å²) in [6.45, 7) is 0. The molecule has 0 saturated heterocycles. The Morgan fingerprint density at radius 2 is 0.962 bits per heavy atom. The van der Waals surface area contributed by atoms with E-state index in [0.717, 1.165) is 0 Å². The van der Waals surface area contributed by atoms with Crippen molar-refractivity contribution in [2.24, 2.45) is 0 Å². The van der Waals surface area contributed by atoms with Crippen LogP contribution in [0, 0.1) is 0 Å². The number of carbonyl (C=O) groups is 1. The minimum Gasteiger partial charge on any atom is -0.298 e. The maximum Gasteiger partial charge on any atom is 0.150 e. The topological polar surface area (TPSA) is 30.0 Å². The second kappa shape index (κ2) is 7.93. The number of benzene rings is 2. The zero-order valence-corrected chi connectivity index (χ0v) is 17.2. The number of aromatic nitrogens is 1. The van der Waals surface area contributed by atoms with E-state index in [2.05, 4.69) is 4.98 Å². The van der Waals surface area contributed by atoms with Gasteiger partial charge in [-0.1, -0.05) is 69.6 Å². The molecule has 1 aromatic heterocycles. The number of hydrogen-bond donors (Lipinski definition) is 0. The smallest absolute Gasteiger partial charge is 0.150 e. The Balaban J connectivity index is 2.21. The van der Waals surface area contributed by atoms with Crippen LogP contribution in [0.2, 0.25) is 30.1 Å². The van der Waals surface area contributed by atoms with E-state index in [1.165, 1.54) is 0 Å². The largest absolute Gasteiger partial charge is 0.298 e. The number of aldehydes is 1. The first-order chi connectivity index (χ1) is 12.3. The first-order valence-electron chi connectivity index (χ1n) is 7.07. The lowest BCUT2D eigenvalue weighted by atomic mass is 10.1. The van der Waals surface area contributed by atoms with E-state index in [1.807, 2.05) is 0 Å². The highest BCUT2D eigenvalue weighted by Gasteiger charge is 2.13. The average Bonchev–Trinajstić information content (AvgIpc) is 2.62. The van der Waals surface area contributed by atoms with E-state index < -0.39 is 0 Å². The molecule has 8 heteroatoms. The molecule has 2 nitrogen and oxygen atoms in total. The molecule has 0 spiro atoms. The van der Waals surface area contributed by atoms with Gasteiger partial charge in [0.2, 0.25) is 0 Å². The average molecular weight is 466 g/mol. The number of carbonyl (C=O) groups excluding carboxylic acids is 1. The molecule has 0 saturated carbocycles. The third kappa shape index (κ3) is 3.96. The van der Waals surface area contributed by atoms with E-state index in [9.17, 15) is 4.79 Å². The highest BCUT2D eigenvalue weighted by atomic mass is 35.5. The maximum atomic E-state index is 11.4. The van der Waals surface area contributed by atoms with Crippen LogP contribution < -0.4 is 0 Å². The van der Waals surface area contributed by atoms with Crippen LogP contribution in [0.25, 0.3) is 22.5 Å². The molecule has 0 N–H and O–H groups in total. The van der Waals surface area contributed by atoms with Crippen LogP contribution >= 0.6 is 69.6 Å². The summed E-state index contributed by atoms with van der Waals surface area (Å²) in [5.41, 5.74) is 2.62. The van der Waals surface area contributed by atoms with E-state index in [-0.39, 0.29) is 30.1 Å². The van der Waals surface area contributed by atoms with Crippen LogP contribution in [-0.4, -0.2) is 11.3 Å². The van der Waals surface area contributed by atoms with Gasteiger partial charge in [-0.15, -0.1) is 0 Å². The Hall–Kier alpha value is -1.000. The van der Waals surface area contributed by atoms with E-state index >= 15 is 0 Å². The van der Waals surface area contributed by atoms with Crippen molar-refractivity contribution in [2.75, 3.05) is 0 Å². The van der Waals surface area contributed by atoms with Gasteiger partial charge in [0.25, 0.3) is 0 Å². The Kier molecular flexibility index (Phi) is 6.03. The van der Waals surface area contributed by atoms with Crippen molar-refractivity contribution in [2.45, 2.75) is 0 Å². The van der Waals surface area contributed by atoms with Crippen molar-refractivity contribution in [3.05, 3.63) is 72.1 Å². The predicted octanol–water partition coefficient (Wildman–Crippen LogP) is 8.15. The van der Waals surface area contributed by atoms with Crippen LogP contribution in [0.3, 0.4) is 0 Å². The van der Waals surface area contributed by atoms with E-state index in [4.69, 9.17) is 69.6 Å². The van der Waals surface area contributed by atoms with Gasteiger partial charge in [-0.25, -0.2) is 4.98 Å². The molecule has 0 aliphatic rings. The second-order valence-corrected chi connectivity index (χ2v) is 7.68. The molecule has 3 rings (SSSR count). The Morgan fingerprint density at radius 1 is 0.615 bits per heavy atom. The van der Waals surface area contributed by atoms with Gasteiger partial charge in [-0.05, 0) is 36.4 Å². The number of hydrogen-bond acceptors (Lipinski definition) is 2. The van der Waals surface area contributed by atoms with E-state index in [1.54, 1.807) is 36.4 Å². The molecule has 26 heavy (non-hydrogen) atoms. The summed E-state index contributed by atoms with van der Waals surface area (Å²) in [5, 5.41) is 1.64. The molecule has 2 aromatic carbocycles. The lowest BCUT2D eigenvalue weighted by molar-refractivity contribution is 0.112. The van der Waals surface area contributed by atoms with Crippen LogP contribution in [0.5, 0.6) is 0 Å². The van der Waals surface area contributed by atoms with Crippen molar-refractivity contribution in [1.82, 2.24) is 4.98 Å². The third-order valence-corrected chi connectivity index (χ3v) is 5.94. The molecule has 0 amide bonds. The van der Waals surface area contributed by atoms with Crippen LogP contribution in [0.1, 0.15) is 10.4 Å². The molecule has 0 atom stereocenters. The van der Waals surface area contributed by atoms with Gasteiger partial charge >= 0.3 is 0 Å². The highest BCUT2D eigenvalue weighted by molar-refractivity contribution is 6.49. The maximum absolute atomic E-state index is 11.4. The van der Waals surface area contributed by atoms with Gasteiger partial charge in [-0.2, -0.15) is 0 Å². The van der Waals surface area contributed by atoms with Crippen LogP contribution in [0.4, 0.5) is 0 Å². The standard InChI is InChI=1S/C18H7Cl6NO/c19-11-3-9(4-12(20)17(11)23)15-1-8(7-26)2-16(25-15)10-5-13(21)18(24)14(22)6-10/h1-7H. The molecule has 0 aliphatic heterocycles. The summed E-state index contributed by atoms with van der Waals surface area (Å²) in [6.07, 6.45) is 0.715. The van der Waals surface area contributed by atoms with Crippen molar-refractivity contribution >= 4 is 75.9 Å². The summed E-state index contributed by atoms with van der Waals surface area (Å²) in [4.78, 5) is 15.9. The Bertz CT molecular complexity index is 912. The first-order valence-corrected chi connectivity index (χ1v) is 9.34. The summed E-state index contributed by atoms with van der Waals surface area (Å²) < 4.78 is 0. The Labute approximate surface area is 179 Å². The van der Waals surface area contributed by atoms with Gasteiger partial charge in [-0.3, -0.25) is 4.79 Å². The molecule has 0 fully saturated rings. The summed E-state index contributed by atoms with van der Waals surface area (Å²) in [7, 11) is 0. The molecule has 1 heterocycles. The van der Waals surface area contributed by atoms with Gasteiger partial charge < -0.3 is 0 Å². The van der Waals surface area contributed by atoms with Gasteiger partial charge in [0.15, 0.2) is 0 Å². The predicted molar refractivity (Wildman–Crippen MR) is 111 cm³/mol.